The number of nitrogens with two attached hydrogens (primary N) is 1. The lowest BCUT2D eigenvalue weighted by molar-refractivity contribution is 0.0984. The molecule has 0 bridgehead atoms. The molecular formula is C15H22N6O. The van der Waals surface area contributed by atoms with Crippen LogP contribution in [0.1, 0.15) is 25.6 Å². The van der Waals surface area contributed by atoms with Crippen molar-refractivity contribution in [3.05, 3.63) is 24.0 Å². The smallest absolute Gasteiger partial charge is 0.152 e. The van der Waals surface area contributed by atoms with Crippen LogP contribution in [0.5, 0.6) is 0 Å². The van der Waals surface area contributed by atoms with E-state index in [9.17, 15) is 0 Å². The molecule has 118 valence electrons. The van der Waals surface area contributed by atoms with Crippen LogP contribution < -0.4 is 10.6 Å². The van der Waals surface area contributed by atoms with Gasteiger partial charge in [0, 0.05) is 31.4 Å². The van der Waals surface area contributed by atoms with Crippen molar-refractivity contribution in [3.8, 4) is 11.3 Å². The van der Waals surface area contributed by atoms with Gasteiger partial charge in [-0.25, -0.2) is 0 Å². The fourth-order valence-corrected chi connectivity index (χ4v) is 2.78. The lowest BCUT2D eigenvalue weighted by atomic mass is 10.1. The fourth-order valence-electron chi connectivity index (χ4n) is 2.78. The first-order valence-corrected chi connectivity index (χ1v) is 7.54. The molecule has 2 N–H and O–H groups in total. The van der Waals surface area contributed by atoms with Gasteiger partial charge < -0.3 is 15.4 Å². The molecule has 0 spiro atoms. The Kier molecular flexibility index (Phi) is 4.08. The zero-order valence-electron chi connectivity index (χ0n) is 13.2. The summed E-state index contributed by atoms with van der Waals surface area (Å²) in [5.41, 5.74) is 8.82. The molecule has 2 unspecified atom stereocenters. The molecule has 1 saturated heterocycles. The van der Waals surface area contributed by atoms with Gasteiger partial charge in [-0.1, -0.05) is 0 Å². The quantitative estimate of drug-likeness (QED) is 0.915. The van der Waals surface area contributed by atoms with Gasteiger partial charge in [0.2, 0.25) is 0 Å². The zero-order chi connectivity index (χ0) is 15.7. The number of rotatable bonds is 3. The molecule has 7 heteroatoms. The highest BCUT2D eigenvalue weighted by molar-refractivity contribution is 5.66. The predicted molar refractivity (Wildman–Crippen MR) is 84.5 cm³/mol. The number of nitrogens with zero attached hydrogens (tertiary/aromatic N) is 5. The van der Waals surface area contributed by atoms with Crippen LogP contribution in [0.15, 0.2) is 18.3 Å². The minimum Gasteiger partial charge on any atom is -0.377 e. The molecule has 1 aliphatic rings. The summed E-state index contributed by atoms with van der Waals surface area (Å²) in [5.74, 6) is 0.858. The van der Waals surface area contributed by atoms with E-state index < -0.39 is 0 Å². The van der Waals surface area contributed by atoms with Crippen molar-refractivity contribution in [1.82, 2.24) is 20.0 Å². The lowest BCUT2D eigenvalue weighted by Crippen LogP contribution is -2.44. The fraction of sp³-hybridized carbons (Fsp3) is 0.533. The van der Waals surface area contributed by atoms with E-state index in [1.807, 2.05) is 24.7 Å². The standard InChI is InChI=1S/C15H22N6O/c1-10-9-22-7-6-21(10)14-8-12(13-4-5-17-20(13)3)15(11(2)16)19-18-14/h4-5,8,10-11H,6-7,9,16H2,1-3H3. The minimum absolute atomic E-state index is 0.187. The molecule has 22 heavy (non-hydrogen) atoms. The number of aromatic nitrogens is 4. The van der Waals surface area contributed by atoms with Gasteiger partial charge in [0.1, 0.15) is 0 Å². The van der Waals surface area contributed by atoms with Crippen molar-refractivity contribution in [1.29, 1.82) is 0 Å². The third-order valence-corrected chi connectivity index (χ3v) is 4.00. The van der Waals surface area contributed by atoms with Crippen LogP contribution in [0.4, 0.5) is 5.82 Å². The molecule has 0 saturated carbocycles. The van der Waals surface area contributed by atoms with Crippen molar-refractivity contribution < 1.29 is 4.74 Å². The Hall–Kier alpha value is -1.99. The molecule has 1 aliphatic heterocycles. The van der Waals surface area contributed by atoms with Crippen molar-refractivity contribution in [2.45, 2.75) is 25.9 Å². The second kappa shape index (κ2) is 6.02. The highest BCUT2D eigenvalue weighted by Gasteiger charge is 2.23. The van der Waals surface area contributed by atoms with Gasteiger partial charge in [-0.05, 0) is 26.0 Å². The Balaban J connectivity index is 2.06. The number of morpholine rings is 1. The summed E-state index contributed by atoms with van der Waals surface area (Å²) in [5, 5.41) is 13.0. The first-order chi connectivity index (χ1) is 10.6. The Labute approximate surface area is 130 Å². The maximum atomic E-state index is 6.06. The topological polar surface area (TPSA) is 82.1 Å². The van der Waals surface area contributed by atoms with Crippen LogP contribution in [0.2, 0.25) is 0 Å². The molecule has 0 aliphatic carbocycles. The number of hydrogen-bond acceptors (Lipinski definition) is 6. The molecule has 0 radical (unpaired) electrons. The number of ether oxygens (including phenoxy) is 1. The van der Waals surface area contributed by atoms with Crippen molar-refractivity contribution >= 4 is 5.82 Å². The molecule has 3 rings (SSSR count). The van der Waals surface area contributed by atoms with Crippen LogP contribution in [0.3, 0.4) is 0 Å². The molecule has 1 fully saturated rings. The summed E-state index contributed by atoms with van der Waals surface area (Å²) >= 11 is 0. The van der Waals surface area contributed by atoms with E-state index in [-0.39, 0.29) is 12.1 Å². The maximum absolute atomic E-state index is 6.06. The second-order valence-electron chi connectivity index (χ2n) is 5.75. The number of hydrogen-bond donors (Lipinski definition) is 1. The number of aryl methyl sites for hydroxylation is 1. The molecule has 2 aromatic rings. The normalized spacial score (nSPS) is 20.2. The van der Waals surface area contributed by atoms with E-state index in [1.54, 1.807) is 6.20 Å². The summed E-state index contributed by atoms with van der Waals surface area (Å²) in [6.07, 6.45) is 1.78. The third kappa shape index (κ3) is 2.69. The van der Waals surface area contributed by atoms with E-state index in [0.717, 1.165) is 29.3 Å². The Morgan fingerprint density at radius 1 is 1.41 bits per heavy atom. The minimum atomic E-state index is -0.187. The highest BCUT2D eigenvalue weighted by atomic mass is 16.5. The van der Waals surface area contributed by atoms with Crippen molar-refractivity contribution in [2.75, 3.05) is 24.7 Å². The van der Waals surface area contributed by atoms with Crippen LogP contribution in [-0.2, 0) is 11.8 Å². The lowest BCUT2D eigenvalue weighted by Gasteiger charge is -2.34. The van der Waals surface area contributed by atoms with Crippen LogP contribution >= 0.6 is 0 Å². The summed E-state index contributed by atoms with van der Waals surface area (Å²) in [7, 11) is 1.91. The van der Waals surface area contributed by atoms with Gasteiger partial charge in [-0.2, -0.15) is 10.2 Å². The van der Waals surface area contributed by atoms with Crippen molar-refractivity contribution in [3.63, 3.8) is 0 Å². The second-order valence-corrected chi connectivity index (χ2v) is 5.75. The van der Waals surface area contributed by atoms with Gasteiger partial charge >= 0.3 is 0 Å². The van der Waals surface area contributed by atoms with Crippen LogP contribution in [-0.4, -0.2) is 45.8 Å². The molecule has 3 heterocycles. The average molecular weight is 302 g/mol. The maximum Gasteiger partial charge on any atom is 0.152 e. The Morgan fingerprint density at radius 2 is 2.23 bits per heavy atom. The van der Waals surface area contributed by atoms with Gasteiger partial charge in [-0.3, -0.25) is 4.68 Å². The largest absolute Gasteiger partial charge is 0.377 e. The SMILES string of the molecule is CC(N)c1nnc(N2CCOCC2C)cc1-c1ccnn1C. The molecule has 0 aromatic carbocycles. The van der Waals surface area contributed by atoms with E-state index in [4.69, 9.17) is 10.5 Å². The van der Waals surface area contributed by atoms with Crippen molar-refractivity contribution in [2.24, 2.45) is 12.8 Å². The monoisotopic (exact) mass is 302 g/mol. The van der Waals surface area contributed by atoms with Crippen LogP contribution in [0, 0.1) is 0 Å². The van der Waals surface area contributed by atoms with Gasteiger partial charge in [-0.15, -0.1) is 5.10 Å². The summed E-state index contributed by atoms with van der Waals surface area (Å²) < 4.78 is 7.32. The zero-order valence-corrected chi connectivity index (χ0v) is 13.2. The van der Waals surface area contributed by atoms with Gasteiger partial charge in [0.15, 0.2) is 5.82 Å². The average Bonchev–Trinajstić information content (AvgIpc) is 2.93. The molecular weight excluding hydrogens is 280 g/mol. The predicted octanol–water partition coefficient (Wildman–Crippen LogP) is 1.12. The first-order valence-electron chi connectivity index (χ1n) is 7.54. The van der Waals surface area contributed by atoms with Gasteiger partial charge in [0.05, 0.1) is 30.6 Å². The third-order valence-electron chi connectivity index (χ3n) is 4.00. The molecule has 7 nitrogen and oxygen atoms in total. The summed E-state index contributed by atoms with van der Waals surface area (Å²) in [4.78, 5) is 2.22. The highest BCUT2D eigenvalue weighted by Crippen LogP contribution is 2.29. The molecule has 0 amide bonds. The van der Waals surface area contributed by atoms with Gasteiger partial charge in [0.25, 0.3) is 0 Å². The molecule has 2 atom stereocenters. The van der Waals surface area contributed by atoms with E-state index >= 15 is 0 Å². The van der Waals surface area contributed by atoms with E-state index in [0.29, 0.717) is 13.2 Å². The van der Waals surface area contributed by atoms with Crippen LogP contribution in [0.25, 0.3) is 11.3 Å². The summed E-state index contributed by atoms with van der Waals surface area (Å²) in [6, 6.07) is 4.12. The van der Waals surface area contributed by atoms with E-state index in [2.05, 4.69) is 33.2 Å². The number of anilines is 1. The first kappa shape index (κ1) is 14.9. The van der Waals surface area contributed by atoms with E-state index in [1.165, 1.54) is 0 Å². The Bertz CT molecular complexity index is 653. The Morgan fingerprint density at radius 3 is 2.86 bits per heavy atom. The summed E-state index contributed by atoms with van der Waals surface area (Å²) in [6.45, 7) is 6.28. The molecule has 2 aromatic heterocycles.